The number of halogens is 1. The van der Waals surface area contributed by atoms with E-state index in [9.17, 15) is 4.79 Å². The van der Waals surface area contributed by atoms with Crippen molar-refractivity contribution in [3.8, 4) is 0 Å². The van der Waals surface area contributed by atoms with Crippen LogP contribution in [-0.4, -0.2) is 10.5 Å². The van der Waals surface area contributed by atoms with Gasteiger partial charge >= 0.3 is 0 Å². The summed E-state index contributed by atoms with van der Waals surface area (Å²) >= 11 is 2.20. The molecule has 2 rings (SSSR count). The number of aromatic nitrogens is 1. The van der Waals surface area contributed by atoms with Crippen LogP contribution in [0.4, 0.5) is 0 Å². The van der Waals surface area contributed by atoms with Crippen molar-refractivity contribution in [1.82, 2.24) is 4.57 Å². The molecule has 0 unspecified atom stereocenters. The van der Waals surface area contributed by atoms with Gasteiger partial charge in [-0.3, -0.25) is 9.36 Å². The van der Waals surface area contributed by atoms with Gasteiger partial charge in [0.2, 0.25) is 0 Å². The quantitative estimate of drug-likeness (QED) is 0.742. The summed E-state index contributed by atoms with van der Waals surface area (Å²) in [6.07, 6.45) is 3.50. The molecule has 0 atom stereocenters. The Morgan fingerprint density at radius 2 is 1.86 bits per heavy atom. The third-order valence-corrected chi connectivity index (χ3v) is 2.58. The molecule has 0 saturated carbocycles. The summed E-state index contributed by atoms with van der Waals surface area (Å²) < 4.78 is 2.64. The molecule has 0 radical (unpaired) electrons. The van der Waals surface area contributed by atoms with Gasteiger partial charge in [0.25, 0.3) is 5.91 Å². The number of hydrogen-bond donors (Lipinski definition) is 0. The molecule has 0 aliphatic rings. The predicted molar refractivity (Wildman–Crippen MR) is 63.3 cm³/mol. The van der Waals surface area contributed by atoms with Gasteiger partial charge in [-0.25, -0.2) is 0 Å². The summed E-state index contributed by atoms with van der Waals surface area (Å²) in [5.41, 5.74) is 0.716. The normalized spacial score (nSPS) is 10.1. The van der Waals surface area contributed by atoms with Crippen molar-refractivity contribution in [2.75, 3.05) is 0 Å². The van der Waals surface area contributed by atoms with E-state index in [1.807, 2.05) is 36.4 Å². The molecule has 0 aliphatic heterocycles. The van der Waals surface area contributed by atoms with Crippen LogP contribution in [0.1, 0.15) is 10.4 Å². The highest BCUT2D eigenvalue weighted by atomic mass is 127. The molecule has 1 aromatic carbocycles. The van der Waals surface area contributed by atoms with Crippen molar-refractivity contribution in [2.45, 2.75) is 0 Å². The number of nitrogens with zero attached hydrogens (tertiary/aromatic N) is 1. The lowest BCUT2D eigenvalue weighted by molar-refractivity contribution is 0.0960. The highest BCUT2D eigenvalue weighted by Gasteiger charge is 2.06. The van der Waals surface area contributed by atoms with Gasteiger partial charge in [-0.2, -0.15) is 0 Å². The highest BCUT2D eigenvalue weighted by Crippen LogP contribution is 2.09. The molecular weight excluding hydrogens is 289 g/mol. The first-order valence-electron chi connectivity index (χ1n) is 4.20. The number of benzene rings is 1. The molecule has 2 nitrogen and oxygen atoms in total. The van der Waals surface area contributed by atoms with Crippen LogP contribution in [0.15, 0.2) is 48.8 Å². The number of carbonyl (C=O) groups excluding carboxylic acids is 1. The Balaban J connectivity index is 2.37. The minimum Gasteiger partial charge on any atom is -0.291 e. The molecule has 0 spiro atoms. The predicted octanol–water partition coefficient (Wildman–Crippen LogP) is 2.78. The van der Waals surface area contributed by atoms with Crippen molar-refractivity contribution in [3.63, 3.8) is 0 Å². The monoisotopic (exact) mass is 297 g/mol. The molecule has 2 aromatic rings. The van der Waals surface area contributed by atoms with E-state index in [1.54, 1.807) is 17.0 Å². The van der Waals surface area contributed by atoms with E-state index >= 15 is 0 Å². The Morgan fingerprint density at radius 1 is 1.14 bits per heavy atom. The molecule has 3 heteroatoms. The highest BCUT2D eigenvalue weighted by molar-refractivity contribution is 14.1. The Hall–Kier alpha value is -1.10. The fourth-order valence-electron chi connectivity index (χ4n) is 1.24. The van der Waals surface area contributed by atoms with Crippen LogP contribution in [0.3, 0.4) is 0 Å². The molecular formula is C11H8INO. The van der Waals surface area contributed by atoms with Crippen LogP contribution >= 0.6 is 22.6 Å². The summed E-state index contributed by atoms with van der Waals surface area (Å²) in [6.45, 7) is 0. The maximum atomic E-state index is 11.8. The zero-order chi connectivity index (χ0) is 9.97. The summed E-state index contributed by atoms with van der Waals surface area (Å²) in [5.74, 6) is 0.00789. The third-order valence-electron chi connectivity index (χ3n) is 1.91. The summed E-state index contributed by atoms with van der Waals surface area (Å²) in [4.78, 5) is 11.8. The van der Waals surface area contributed by atoms with Gasteiger partial charge in [0.15, 0.2) is 0 Å². The number of carbonyl (C=O) groups is 1. The maximum absolute atomic E-state index is 11.8. The van der Waals surface area contributed by atoms with Crippen LogP contribution < -0.4 is 0 Å². The molecule has 0 N–H and O–H groups in total. The van der Waals surface area contributed by atoms with Gasteiger partial charge in [0, 0.05) is 21.5 Å². The minimum atomic E-state index is 0.00789. The average molecular weight is 297 g/mol. The molecule has 0 amide bonds. The maximum Gasteiger partial charge on any atom is 0.261 e. The van der Waals surface area contributed by atoms with Crippen molar-refractivity contribution in [3.05, 3.63) is 57.9 Å². The summed E-state index contributed by atoms with van der Waals surface area (Å²) in [7, 11) is 0. The molecule has 1 aromatic heterocycles. The van der Waals surface area contributed by atoms with E-state index in [2.05, 4.69) is 22.6 Å². The van der Waals surface area contributed by atoms with E-state index in [0.29, 0.717) is 5.56 Å². The van der Waals surface area contributed by atoms with E-state index in [0.717, 1.165) is 3.57 Å². The summed E-state index contributed by atoms with van der Waals surface area (Å²) in [5, 5.41) is 0. The van der Waals surface area contributed by atoms with E-state index in [4.69, 9.17) is 0 Å². The smallest absolute Gasteiger partial charge is 0.261 e. The zero-order valence-corrected chi connectivity index (χ0v) is 9.51. The second-order valence-corrected chi connectivity index (χ2v) is 4.15. The second kappa shape index (κ2) is 3.96. The van der Waals surface area contributed by atoms with Crippen LogP contribution in [0.5, 0.6) is 0 Å². The Kier molecular flexibility index (Phi) is 2.67. The number of rotatable bonds is 1. The van der Waals surface area contributed by atoms with Gasteiger partial charge in [0.1, 0.15) is 0 Å². The first-order chi connectivity index (χ1) is 6.77. The van der Waals surface area contributed by atoms with Crippen molar-refractivity contribution in [1.29, 1.82) is 0 Å². The molecule has 0 fully saturated rings. The molecule has 14 heavy (non-hydrogen) atoms. The minimum absolute atomic E-state index is 0.00789. The molecule has 0 saturated heterocycles. The molecule has 1 heterocycles. The van der Waals surface area contributed by atoms with E-state index in [1.165, 1.54) is 0 Å². The van der Waals surface area contributed by atoms with Gasteiger partial charge in [0.05, 0.1) is 0 Å². The van der Waals surface area contributed by atoms with Gasteiger partial charge in [-0.1, -0.05) is 6.07 Å². The van der Waals surface area contributed by atoms with Crippen LogP contribution in [0.25, 0.3) is 0 Å². The van der Waals surface area contributed by atoms with Crippen molar-refractivity contribution < 1.29 is 4.79 Å². The van der Waals surface area contributed by atoms with E-state index < -0.39 is 0 Å². The van der Waals surface area contributed by atoms with Crippen molar-refractivity contribution in [2.24, 2.45) is 0 Å². The summed E-state index contributed by atoms with van der Waals surface area (Å²) in [6, 6.07) is 11.2. The van der Waals surface area contributed by atoms with Gasteiger partial charge < -0.3 is 0 Å². The largest absolute Gasteiger partial charge is 0.291 e. The Bertz CT molecular complexity index is 448. The van der Waals surface area contributed by atoms with Crippen LogP contribution in [0, 0.1) is 3.57 Å². The lowest BCUT2D eigenvalue weighted by atomic mass is 10.2. The SMILES string of the molecule is O=C(c1cccc(I)c1)n1cccc1. The standard InChI is InChI=1S/C11H8INO/c12-10-5-3-4-9(8-10)11(14)13-6-1-2-7-13/h1-8H. The average Bonchev–Trinajstić information content (AvgIpc) is 2.69. The molecule has 70 valence electrons. The van der Waals surface area contributed by atoms with Crippen LogP contribution in [-0.2, 0) is 0 Å². The van der Waals surface area contributed by atoms with E-state index in [-0.39, 0.29) is 5.91 Å². The first-order valence-corrected chi connectivity index (χ1v) is 5.28. The molecule has 0 bridgehead atoms. The zero-order valence-electron chi connectivity index (χ0n) is 7.35. The molecule has 0 aliphatic carbocycles. The van der Waals surface area contributed by atoms with Crippen molar-refractivity contribution >= 4 is 28.5 Å². The Morgan fingerprint density at radius 3 is 2.50 bits per heavy atom. The topological polar surface area (TPSA) is 22.0 Å². The van der Waals surface area contributed by atoms with Crippen LogP contribution in [0.2, 0.25) is 0 Å². The number of hydrogen-bond acceptors (Lipinski definition) is 1. The van der Waals surface area contributed by atoms with Gasteiger partial charge in [-0.15, -0.1) is 0 Å². The fourth-order valence-corrected chi connectivity index (χ4v) is 1.78. The third kappa shape index (κ3) is 1.87. The first kappa shape index (κ1) is 9.45. The van der Waals surface area contributed by atoms with Gasteiger partial charge in [-0.05, 0) is 52.9 Å². The fraction of sp³-hybridized carbons (Fsp3) is 0. The Labute approximate surface area is 95.7 Å². The lowest BCUT2D eigenvalue weighted by Crippen LogP contribution is -2.09. The lowest BCUT2D eigenvalue weighted by Gasteiger charge is -2.01. The second-order valence-electron chi connectivity index (χ2n) is 2.91.